The molecule has 3 unspecified atom stereocenters. The number of amides is 1. The normalized spacial score (nSPS) is 25.9. The smallest absolute Gasteiger partial charge is 0.274 e. The molecular weight excluding hydrogens is 252 g/mol. The maximum absolute atomic E-state index is 12.3. The van der Waals surface area contributed by atoms with Crippen molar-refractivity contribution in [2.75, 3.05) is 5.73 Å². The highest BCUT2D eigenvalue weighted by molar-refractivity contribution is 5.97. The third-order valence-corrected chi connectivity index (χ3v) is 4.67. The summed E-state index contributed by atoms with van der Waals surface area (Å²) in [6.45, 7) is 6.52. The lowest BCUT2D eigenvalue weighted by Gasteiger charge is -2.20. The molecule has 1 aromatic heterocycles. The zero-order valence-corrected chi connectivity index (χ0v) is 12.7. The van der Waals surface area contributed by atoms with Crippen LogP contribution < -0.4 is 11.1 Å². The highest BCUT2D eigenvalue weighted by atomic mass is 16.2. The Hall–Kier alpha value is -1.52. The molecule has 1 aromatic rings. The maximum Gasteiger partial charge on any atom is 0.274 e. The highest BCUT2D eigenvalue weighted by Gasteiger charge is 2.33. The van der Waals surface area contributed by atoms with E-state index >= 15 is 0 Å². The third-order valence-electron chi connectivity index (χ3n) is 4.67. The predicted octanol–water partition coefficient (Wildman–Crippen LogP) is 2.50. The van der Waals surface area contributed by atoms with Gasteiger partial charge in [-0.05, 0) is 31.1 Å². The van der Waals surface area contributed by atoms with Gasteiger partial charge in [0, 0.05) is 6.04 Å². The van der Waals surface area contributed by atoms with E-state index in [2.05, 4.69) is 36.3 Å². The first-order valence-electron chi connectivity index (χ1n) is 7.72. The molecule has 0 radical (unpaired) electrons. The summed E-state index contributed by atoms with van der Waals surface area (Å²) in [5.74, 6) is 1.10. The van der Waals surface area contributed by atoms with E-state index in [1.165, 1.54) is 12.8 Å². The second kappa shape index (κ2) is 6.29. The number of hydrogen-bond donors (Lipinski definition) is 3. The van der Waals surface area contributed by atoms with Crippen LogP contribution in [0.4, 0.5) is 5.69 Å². The molecule has 112 valence electrons. The van der Waals surface area contributed by atoms with Crippen LogP contribution in [-0.2, 0) is 6.42 Å². The number of hydrogen-bond acceptors (Lipinski definition) is 3. The molecule has 20 heavy (non-hydrogen) atoms. The minimum atomic E-state index is -0.144. The molecule has 1 saturated carbocycles. The number of nitrogen functional groups attached to an aromatic ring is 1. The summed E-state index contributed by atoms with van der Waals surface area (Å²) in [6.07, 6.45) is 5.23. The van der Waals surface area contributed by atoms with Crippen LogP contribution >= 0.6 is 0 Å². The van der Waals surface area contributed by atoms with Crippen LogP contribution in [0.2, 0.25) is 0 Å². The van der Waals surface area contributed by atoms with E-state index in [9.17, 15) is 4.79 Å². The van der Waals surface area contributed by atoms with Gasteiger partial charge in [0.2, 0.25) is 0 Å². The average molecular weight is 278 g/mol. The third kappa shape index (κ3) is 2.81. The topological polar surface area (TPSA) is 83.8 Å². The molecule has 1 heterocycles. The van der Waals surface area contributed by atoms with Crippen LogP contribution in [-0.4, -0.2) is 22.1 Å². The molecule has 0 bridgehead atoms. The van der Waals surface area contributed by atoms with Gasteiger partial charge in [-0.25, -0.2) is 0 Å². The Kier molecular flexibility index (Phi) is 4.68. The lowest BCUT2D eigenvalue weighted by Crippen LogP contribution is -2.38. The summed E-state index contributed by atoms with van der Waals surface area (Å²) in [5.41, 5.74) is 7.71. The van der Waals surface area contributed by atoms with E-state index in [1.807, 2.05) is 0 Å². The first-order valence-corrected chi connectivity index (χ1v) is 7.72. The number of aromatic amines is 1. The van der Waals surface area contributed by atoms with E-state index in [4.69, 9.17) is 5.73 Å². The van der Waals surface area contributed by atoms with Gasteiger partial charge in [0.15, 0.2) is 5.69 Å². The summed E-state index contributed by atoms with van der Waals surface area (Å²) < 4.78 is 0. The molecular formula is C15H26N4O. The number of aryl methyl sites for hydroxylation is 1. The van der Waals surface area contributed by atoms with Crippen molar-refractivity contribution in [1.82, 2.24) is 15.5 Å². The van der Waals surface area contributed by atoms with Crippen molar-refractivity contribution < 1.29 is 4.79 Å². The Labute approximate surface area is 120 Å². The van der Waals surface area contributed by atoms with Crippen LogP contribution in [0.3, 0.4) is 0 Å². The number of nitrogens with zero attached hydrogens (tertiary/aromatic N) is 1. The lowest BCUT2D eigenvalue weighted by molar-refractivity contribution is 0.0922. The van der Waals surface area contributed by atoms with Gasteiger partial charge in [-0.3, -0.25) is 9.89 Å². The second-order valence-corrected chi connectivity index (χ2v) is 5.90. The Morgan fingerprint density at radius 2 is 2.20 bits per heavy atom. The van der Waals surface area contributed by atoms with Gasteiger partial charge < -0.3 is 11.1 Å². The maximum atomic E-state index is 12.3. The van der Waals surface area contributed by atoms with Gasteiger partial charge in [0.25, 0.3) is 5.91 Å². The van der Waals surface area contributed by atoms with Crippen molar-refractivity contribution in [2.45, 2.75) is 58.9 Å². The largest absolute Gasteiger partial charge is 0.395 e. The fraction of sp³-hybridized carbons (Fsp3) is 0.733. The average Bonchev–Trinajstić information content (AvgIpc) is 2.96. The van der Waals surface area contributed by atoms with Crippen LogP contribution in [0, 0.1) is 11.8 Å². The van der Waals surface area contributed by atoms with Crippen LogP contribution in [0.25, 0.3) is 0 Å². The standard InChI is InChI=1S/C15H26N4O/c1-4-6-12-13(16)14(19-18-12)15(20)17-11-8-7-10(5-2)9(11)3/h9-11H,4-8,16H2,1-3H3,(H,17,20)(H,18,19). The van der Waals surface area contributed by atoms with Crippen molar-refractivity contribution in [1.29, 1.82) is 0 Å². The fourth-order valence-corrected chi connectivity index (χ4v) is 3.26. The van der Waals surface area contributed by atoms with Gasteiger partial charge >= 0.3 is 0 Å². The van der Waals surface area contributed by atoms with Crippen molar-refractivity contribution >= 4 is 11.6 Å². The molecule has 4 N–H and O–H groups in total. The van der Waals surface area contributed by atoms with E-state index in [-0.39, 0.29) is 11.9 Å². The summed E-state index contributed by atoms with van der Waals surface area (Å²) in [6, 6.07) is 0.248. The van der Waals surface area contributed by atoms with Gasteiger partial charge in [-0.15, -0.1) is 0 Å². The number of H-pyrrole nitrogens is 1. The molecule has 1 aliphatic rings. The van der Waals surface area contributed by atoms with E-state index in [0.29, 0.717) is 23.2 Å². The number of carbonyl (C=O) groups excluding carboxylic acids is 1. The van der Waals surface area contributed by atoms with Crippen molar-refractivity contribution in [3.63, 3.8) is 0 Å². The molecule has 1 amide bonds. The van der Waals surface area contributed by atoms with Crippen molar-refractivity contribution in [3.8, 4) is 0 Å². The lowest BCUT2D eigenvalue weighted by atomic mass is 9.93. The molecule has 0 spiro atoms. The van der Waals surface area contributed by atoms with Crippen LogP contribution in [0.15, 0.2) is 0 Å². The van der Waals surface area contributed by atoms with Gasteiger partial charge in [-0.1, -0.05) is 33.6 Å². The summed E-state index contributed by atoms with van der Waals surface area (Å²) in [7, 11) is 0. The van der Waals surface area contributed by atoms with Crippen molar-refractivity contribution in [2.24, 2.45) is 11.8 Å². The monoisotopic (exact) mass is 278 g/mol. The number of rotatable bonds is 5. The van der Waals surface area contributed by atoms with E-state index < -0.39 is 0 Å². The predicted molar refractivity (Wildman–Crippen MR) is 80.4 cm³/mol. The molecule has 1 aliphatic carbocycles. The zero-order valence-electron chi connectivity index (χ0n) is 12.7. The first kappa shape index (κ1) is 14.9. The molecule has 3 atom stereocenters. The summed E-state index contributed by atoms with van der Waals surface area (Å²) in [5, 5.41) is 10.1. The van der Waals surface area contributed by atoms with E-state index in [1.54, 1.807) is 0 Å². The van der Waals surface area contributed by atoms with Crippen LogP contribution in [0.5, 0.6) is 0 Å². The quantitative estimate of drug-likeness (QED) is 0.773. The number of nitrogens with one attached hydrogen (secondary N) is 2. The molecule has 0 saturated heterocycles. The molecule has 5 nitrogen and oxygen atoms in total. The zero-order chi connectivity index (χ0) is 14.7. The SMILES string of the molecule is CCCc1[nH]nc(C(=O)NC2CCC(CC)C2C)c1N. The van der Waals surface area contributed by atoms with Crippen molar-refractivity contribution in [3.05, 3.63) is 11.4 Å². The number of carbonyl (C=O) groups is 1. The summed E-state index contributed by atoms with van der Waals surface area (Å²) >= 11 is 0. The summed E-state index contributed by atoms with van der Waals surface area (Å²) in [4.78, 5) is 12.3. The number of anilines is 1. The first-order chi connectivity index (χ1) is 9.58. The number of aromatic nitrogens is 2. The fourth-order valence-electron chi connectivity index (χ4n) is 3.26. The second-order valence-electron chi connectivity index (χ2n) is 5.90. The molecule has 0 aliphatic heterocycles. The van der Waals surface area contributed by atoms with E-state index in [0.717, 1.165) is 25.0 Å². The Morgan fingerprint density at radius 3 is 2.80 bits per heavy atom. The van der Waals surface area contributed by atoms with Gasteiger partial charge in [0.05, 0.1) is 11.4 Å². The van der Waals surface area contributed by atoms with Crippen LogP contribution in [0.1, 0.15) is 62.6 Å². The minimum Gasteiger partial charge on any atom is -0.395 e. The molecule has 1 fully saturated rings. The van der Waals surface area contributed by atoms with Gasteiger partial charge in [-0.2, -0.15) is 5.10 Å². The Morgan fingerprint density at radius 1 is 1.45 bits per heavy atom. The van der Waals surface area contributed by atoms with Gasteiger partial charge in [0.1, 0.15) is 0 Å². The Bertz CT molecular complexity index is 468. The Balaban J connectivity index is 2.02. The molecule has 5 heteroatoms. The highest BCUT2D eigenvalue weighted by Crippen LogP contribution is 2.34. The minimum absolute atomic E-state index is 0.144. The molecule has 0 aromatic carbocycles. The number of nitrogens with two attached hydrogens (primary N) is 1. The molecule has 2 rings (SSSR count).